The van der Waals surface area contributed by atoms with Crippen LogP contribution in [0.5, 0.6) is 0 Å². The molecule has 0 saturated heterocycles. The van der Waals surface area contributed by atoms with Gasteiger partial charge in [0.2, 0.25) is 0 Å². The van der Waals surface area contributed by atoms with Gasteiger partial charge in [0.25, 0.3) is 0 Å². The molecule has 0 bridgehead atoms. The van der Waals surface area contributed by atoms with Crippen LogP contribution in [0, 0.1) is 0 Å². The molecule has 0 saturated carbocycles. The van der Waals surface area contributed by atoms with E-state index in [-0.39, 0.29) is 0 Å². The molecule has 12 heteroatoms. The highest BCUT2D eigenvalue weighted by atomic mass is 32.3. The Hall–Kier alpha value is 1.60. The first-order valence-corrected chi connectivity index (χ1v) is 21.8. The van der Waals surface area contributed by atoms with Gasteiger partial charge in [-0.25, -0.2) is 0 Å². The van der Waals surface area contributed by atoms with Crippen molar-refractivity contribution in [3.05, 3.63) is 89.9 Å². The predicted octanol–water partition coefficient (Wildman–Crippen LogP) is 12.7. The van der Waals surface area contributed by atoms with Gasteiger partial charge in [0.05, 0.1) is 42.4 Å². The Morgan fingerprint density at radius 2 is 0.750 bits per heavy atom. The number of rotatable bonds is 7. The minimum atomic E-state index is 1.26. The zero-order chi connectivity index (χ0) is 25.1. The van der Waals surface area contributed by atoms with Crippen molar-refractivity contribution >= 4 is 153 Å². The van der Waals surface area contributed by atoms with E-state index in [4.69, 9.17) is 0 Å². The van der Waals surface area contributed by atoms with Crippen LogP contribution in [0.25, 0.3) is 12.2 Å². The quantitative estimate of drug-likeness (QED) is 0.267. The molecule has 4 heterocycles. The first kappa shape index (κ1) is 29.1. The van der Waals surface area contributed by atoms with Crippen LogP contribution in [0.4, 0.5) is 0 Å². The zero-order valence-electron chi connectivity index (χ0n) is 19.5. The van der Waals surface area contributed by atoms with E-state index in [9.17, 15) is 0 Å². The second-order valence-corrected chi connectivity index (χ2v) is 21.2. The second kappa shape index (κ2) is 14.0. The molecule has 0 aliphatic carbocycles. The molecule has 0 unspecified atom stereocenters. The Morgan fingerprint density at radius 3 is 1.14 bits per heavy atom. The van der Waals surface area contributed by atoms with E-state index in [1.807, 2.05) is 141 Å². The van der Waals surface area contributed by atoms with Crippen LogP contribution in [-0.4, -0.2) is 25.0 Å². The lowest BCUT2D eigenvalue weighted by molar-refractivity contribution is 1.62. The molecule has 5 rings (SSSR count). The lowest BCUT2D eigenvalue weighted by Crippen LogP contribution is -1.76. The minimum Gasteiger partial charge on any atom is -0.121 e. The summed E-state index contributed by atoms with van der Waals surface area (Å²) in [6.07, 6.45) is 17.9. The first-order chi connectivity index (χ1) is 17.6. The first-order valence-electron chi connectivity index (χ1n) is 10.4. The summed E-state index contributed by atoms with van der Waals surface area (Å²) in [7, 11) is 0. The van der Waals surface area contributed by atoms with Crippen molar-refractivity contribution in [3.8, 4) is 0 Å². The second-order valence-electron chi connectivity index (χ2n) is 6.92. The Labute approximate surface area is 265 Å². The summed E-state index contributed by atoms with van der Waals surface area (Å²) in [5.74, 6) is 0. The molecule has 0 aromatic heterocycles. The van der Waals surface area contributed by atoms with Gasteiger partial charge in [-0.05, 0) is 60.5 Å². The van der Waals surface area contributed by atoms with Gasteiger partial charge >= 0.3 is 0 Å². The molecule has 4 aliphatic heterocycles. The summed E-state index contributed by atoms with van der Waals surface area (Å²) in [4.78, 5) is 0. The largest absolute Gasteiger partial charge is 0.121 e. The molecular formula is C24H20S12. The van der Waals surface area contributed by atoms with Crippen molar-refractivity contribution in [3.63, 3.8) is 0 Å². The van der Waals surface area contributed by atoms with Crippen LogP contribution in [0.15, 0.2) is 78.8 Å². The van der Waals surface area contributed by atoms with E-state index in [1.165, 1.54) is 53.5 Å². The van der Waals surface area contributed by atoms with Gasteiger partial charge in [0.15, 0.2) is 0 Å². The summed E-state index contributed by atoms with van der Waals surface area (Å²) in [6, 6.07) is 8.94. The molecule has 188 valence electrons. The van der Waals surface area contributed by atoms with E-state index in [2.05, 4.69) is 73.6 Å². The highest BCUT2D eigenvalue weighted by Crippen LogP contribution is 2.67. The molecular weight excluding hydrogens is 673 g/mol. The maximum absolute atomic E-state index is 2.32. The van der Waals surface area contributed by atoms with E-state index in [0.29, 0.717) is 0 Å². The van der Waals surface area contributed by atoms with Gasteiger partial charge in [-0.1, -0.05) is 118 Å². The molecule has 0 spiro atoms. The van der Waals surface area contributed by atoms with Crippen LogP contribution in [0.3, 0.4) is 0 Å². The number of thioether (sulfide) groups is 12. The molecule has 0 radical (unpaired) electrons. The molecule has 0 fully saturated rings. The van der Waals surface area contributed by atoms with Crippen molar-refractivity contribution < 1.29 is 0 Å². The van der Waals surface area contributed by atoms with Gasteiger partial charge < -0.3 is 0 Å². The Balaban J connectivity index is 1.15. The van der Waals surface area contributed by atoms with Crippen LogP contribution in [0.2, 0.25) is 0 Å². The number of benzene rings is 1. The SMILES string of the molecule is CSC1=C(SC)SC(=CC=C2SC3=C(S2)SC(=Cc2ccc(C=C4SC(SC)=C(SC)S4)cc2)S3)S1. The zero-order valence-corrected chi connectivity index (χ0v) is 29.3. The fourth-order valence-electron chi connectivity index (χ4n) is 3.04. The highest BCUT2D eigenvalue weighted by molar-refractivity contribution is 8.48. The molecule has 0 amide bonds. The third-order valence-corrected chi connectivity index (χ3v) is 20.2. The third-order valence-electron chi connectivity index (χ3n) is 4.65. The van der Waals surface area contributed by atoms with Crippen LogP contribution in [-0.2, 0) is 0 Å². The summed E-state index contributed by atoms with van der Waals surface area (Å²) >= 11 is 22.6. The molecule has 1 aromatic rings. The Bertz CT molecular complexity index is 1200. The van der Waals surface area contributed by atoms with E-state index >= 15 is 0 Å². The molecule has 4 aliphatic rings. The smallest absolute Gasteiger partial charge is 0.0716 e. The van der Waals surface area contributed by atoms with E-state index in [1.54, 1.807) is 0 Å². The standard InChI is InChI=1S/C24H20S12/c1-25-19-20(26-2)30-15(29-19)9-10-16-31-23-24(32-16)36-18(35-23)12-14-7-5-13(6-8-14)11-17-33-21(27-3)22(28-4)34-17/h5-12H,1-4H3. The van der Waals surface area contributed by atoms with Gasteiger partial charge in [-0.3, -0.25) is 0 Å². The van der Waals surface area contributed by atoms with Gasteiger partial charge in [0, 0.05) is 0 Å². The molecule has 0 atom stereocenters. The van der Waals surface area contributed by atoms with Crippen molar-refractivity contribution in [1.29, 1.82) is 0 Å². The maximum atomic E-state index is 2.32. The number of hydrogen-bond acceptors (Lipinski definition) is 12. The Morgan fingerprint density at radius 1 is 0.444 bits per heavy atom. The highest BCUT2D eigenvalue weighted by Gasteiger charge is 2.30. The average molecular weight is 693 g/mol. The normalized spacial score (nSPS) is 19.8. The summed E-state index contributed by atoms with van der Waals surface area (Å²) in [5, 5.41) is 0. The monoisotopic (exact) mass is 692 g/mol. The predicted molar refractivity (Wildman–Crippen MR) is 194 cm³/mol. The lowest BCUT2D eigenvalue weighted by Gasteiger charge is -2.03. The van der Waals surface area contributed by atoms with Crippen LogP contribution < -0.4 is 0 Å². The molecule has 0 nitrogen and oxygen atoms in total. The van der Waals surface area contributed by atoms with Gasteiger partial charge in [-0.15, -0.1) is 47.0 Å². The van der Waals surface area contributed by atoms with Crippen LogP contribution in [0.1, 0.15) is 11.1 Å². The topological polar surface area (TPSA) is 0 Å². The molecule has 36 heavy (non-hydrogen) atoms. The summed E-state index contributed by atoms with van der Waals surface area (Å²) in [6.45, 7) is 0. The Kier molecular flexibility index (Phi) is 11.3. The average Bonchev–Trinajstić information content (AvgIpc) is 3.65. The van der Waals surface area contributed by atoms with E-state index < -0.39 is 0 Å². The number of hydrogen-bond donors (Lipinski definition) is 0. The van der Waals surface area contributed by atoms with Gasteiger partial charge in [-0.2, -0.15) is 0 Å². The summed E-state index contributed by atoms with van der Waals surface area (Å²) < 4.78 is 14.0. The van der Waals surface area contributed by atoms with Gasteiger partial charge in [0.1, 0.15) is 0 Å². The van der Waals surface area contributed by atoms with Crippen molar-refractivity contribution in [1.82, 2.24) is 0 Å². The van der Waals surface area contributed by atoms with E-state index in [0.717, 1.165) is 0 Å². The lowest BCUT2D eigenvalue weighted by atomic mass is 10.1. The van der Waals surface area contributed by atoms with Crippen molar-refractivity contribution in [2.24, 2.45) is 0 Å². The summed E-state index contributed by atoms with van der Waals surface area (Å²) in [5.41, 5.74) is 2.53. The van der Waals surface area contributed by atoms with Crippen LogP contribution >= 0.6 is 141 Å². The third kappa shape index (κ3) is 7.26. The molecule has 0 N–H and O–H groups in total. The minimum absolute atomic E-state index is 1.26. The van der Waals surface area contributed by atoms with Crippen molar-refractivity contribution in [2.75, 3.05) is 25.0 Å². The molecule has 1 aromatic carbocycles. The number of allylic oxidation sites excluding steroid dienone is 2. The fourth-order valence-corrected chi connectivity index (χ4v) is 18.9. The maximum Gasteiger partial charge on any atom is 0.0716 e. The fraction of sp³-hybridized carbons (Fsp3) is 0.167. The van der Waals surface area contributed by atoms with Crippen molar-refractivity contribution in [2.45, 2.75) is 0 Å².